The van der Waals surface area contributed by atoms with Gasteiger partial charge in [0, 0.05) is 18.5 Å². The molecule has 1 aromatic rings. The van der Waals surface area contributed by atoms with E-state index >= 15 is 0 Å². The lowest BCUT2D eigenvalue weighted by atomic mass is 9.99. The second-order valence-corrected chi connectivity index (χ2v) is 6.78. The van der Waals surface area contributed by atoms with Gasteiger partial charge in [-0.2, -0.15) is 0 Å². The molecule has 0 aliphatic rings. The predicted octanol–water partition coefficient (Wildman–Crippen LogP) is 6.27. The Bertz CT molecular complexity index is 463. The van der Waals surface area contributed by atoms with Crippen LogP contribution in [-0.4, -0.2) is 21.6 Å². The lowest BCUT2D eigenvalue weighted by molar-refractivity contribution is -0.145. The van der Waals surface area contributed by atoms with Crippen molar-refractivity contribution in [3.8, 4) is 0 Å². The summed E-state index contributed by atoms with van der Waals surface area (Å²) in [5.41, 5.74) is 0. The highest BCUT2D eigenvalue weighted by Crippen LogP contribution is 2.25. The number of imidazole rings is 1. The van der Waals surface area contributed by atoms with Crippen LogP contribution in [-0.2, 0) is 9.53 Å². The van der Waals surface area contributed by atoms with Crippen LogP contribution in [0.1, 0.15) is 90.5 Å². The van der Waals surface area contributed by atoms with Crippen LogP contribution < -0.4 is 0 Å². The molecule has 0 amide bonds. The van der Waals surface area contributed by atoms with Gasteiger partial charge in [-0.25, -0.2) is 9.78 Å². The van der Waals surface area contributed by atoms with E-state index in [2.05, 4.69) is 30.0 Å². The summed E-state index contributed by atoms with van der Waals surface area (Å²) in [6, 6.07) is 0.154. The SMILES string of the molecule is C=CC(=O)OC(CC)C(CCCCCCCCCCC)n1ccnc1.Cl. The van der Waals surface area contributed by atoms with Gasteiger partial charge in [0.15, 0.2) is 0 Å². The molecule has 5 heteroatoms. The minimum Gasteiger partial charge on any atom is -0.457 e. The molecule has 0 fully saturated rings. The van der Waals surface area contributed by atoms with Crippen molar-refractivity contribution < 1.29 is 9.53 Å². The van der Waals surface area contributed by atoms with Gasteiger partial charge in [-0.05, 0) is 12.8 Å². The van der Waals surface area contributed by atoms with Gasteiger partial charge in [0.2, 0.25) is 0 Å². The molecule has 0 N–H and O–H groups in total. The van der Waals surface area contributed by atoms with Gasteiger partial charge in [0.05, 0.1) is 12.4 Å². The second kappa shape index (κ2) is 15.9. The molecule has 26 heavy (non-hydrogen) atoms. The first-order valence-corrected chi connectivity index (χ1v) is 10.0. The van der Waals surface area contributed by atoms with E-state index in [9.17, 15) is 4.79 Å². The van der Waals surface area contributed by atoms with Gasteiger partial charge in [0.25, 0.3) is 0 Å². The molecule has 0 bridgehead atoms. The Morgan fingerprint density at radius 1 is 1.12 bits per heavy atom. The Balaban J connectivity index is 0.00000625. The summed E-state index contributed by atoms with van der Waals surface area (Å²) in [6.07, 6.45) is 20.3. The fourth-order valence-electron chi connectivity index (χ4n) is 3.29. The van der Waals surface area contributed by atoms with E-state index in [0.29, 0.717) is 0 Å². The normalized spacial score (nSPS) is 12.8. The summed E-state index contributed by atoms with van der Waals surface area (Å²) in [5, 5.41) is 0. The number of unbranched alkanes of at least 4 members (excludes halogenated alkanes) is 8. The minimum atomic E-state index is -0.343. The van der Waals surface area contributed by atoms with Crippen molar-refractivity contribution in [3.63, 3.8) is 0 Å². The van der Waals surface area contributed by atoms with Gasteiger partial charge in [-0.15, -0.1) is 12.4 Å². The van der Waals surface area contributed by atoms with Gasteiger partial charge in [-0.3, -0.25) is 0 Å². The van der Waals surface area contributed by atoms with Crippen LogP contribution in [0.25, 0.3) is 0 Å². The summed E-state index contributed by atoms with van der Waals surface area (Å²) < 4.78 is 7.64. The van der Waals surface area contributed by atoms with E-state index < -0.39 is 0 Å². The average Bonchev–Trinajstić information content (AvgIpc) is 3.16. The van der Waals surface area contributed by atoms with Crippen LogP contribution in [0, 0.1) is 0 Å². The van der Waals surface area contributed by atoms with Crippen molar-refractivity contribution in [2.24, 2.45) is 0 Å². The zero-order valence-corrected chi connectivity index (χ0v) is 17.4. The number of halogens is 1. The molecule has 0 spiro atoms. The number of rotatable bonds is 15. The van der Waals surface area contributed by atoms with Crippen LogP contribution in [0.2, 0.25) is 0 Å². The molecule has 0 radical (unpaired) electrons. The maximum Gasteiger partial charge on any atom is 0.330 e. The zero-order valence-electron chi connectivity index (χ0n) is 16.6. The maximum absolute atomic E-state index is 11.6. The van der Waals surface area contributed by atoms with Crippen LogP contribution in [0.3, 0.4) is 0 Å². The van der Waals surface area contributed by atoms with Gasteiger partial charge in [-0.1, -0.05) is 78.2 Å². The number of carbonyl (C=O) groups is 1. The lowest BCUT2D eigenvalue weighted by Crippen LogP contribution is -2.28. The van der Waals surface area contributed by atoms with Gasteiger partial charge in [0.1, 0.15) is 6.10 Å². The molecule has 0 aliphatic heterocycles. The summed E-state index contributed by atoms with van der Waals surface area (Å²) in [4.78, 5) is 15.8. The molecular weight excluding hydrogens is 348 g/mol. The van der Waals surface area contributed by atoms with E-state index in [4.69, 9.17) is 4.74 Å². The molecule has 0 saturated carbocycles. The third-order valence-electron chi connectivity index (χ3n) is 4.78. The minimum absolute atomic E-state index is 0. The topological polar surface area (TPSA) is 44.1 Å². The summed E-state index contributed by atoms with van der Waals surface area (Å²) in [7, 11) is 0. The van der Waals surface area contributed by atoms with Crippen molar-refractivity contribution in [2.45, 2.75) is 96.6 Å². The Hall–Kier alpha value is -1.29. The number of hydrogen-bond donors (Lipinski definition) is 0. The van der Waals surface area contributed by atoms with Crippen LogP contribution in [0.15, 0.2) is 31.4 Å². The molecule has 2 atom stereocenters. The molecule has 1 aromatic heterocycles. The molecular formula is C21H37ClN2O2. The van der Waals surface area contributed by atoms with Crippen LogP contribution in [0.4, 0.5) is 0 Å². The Kier molecular flexibility index (Phi) is 15.1. The largest absolute Gasteiger partial charge is 0.457 e. The number of carbonyl (C=O) groups excluding carboxylic acids is 1. The highest BCUT2D eigenvalue weighted by atomic mass is 35.5. The smallest absolute Gasteiger partial charge is 0.330 e. The third-order valence-corrected chi connectivity index (χ3v) is 4.78. The van der Waals surface area contributed by atoms with E-state index in [1.807, 2.05) is 12.5 Å². The summed E-state index contributed by atoms with van der Waals surface area (Å²) in [5.74, 6) is -0.343. The first-order valence-electron chi connectivity index (χ1n) is 10.0. The van der Waals surface area contributed by atoms with Crippen molar-refractivity contribution in [1.29, 1.82) is 0 Å². The third kappa shape index (κ3) is 10.0. The van der Waals surface area contributed by atoms with Crippen LogP contribution in [0.5, 0.6) is 0 Å². The van der Waals surface area contributed by atoms with E-state index in [0.717, 1.165) is 19.3 Å². The molecule has 4 nitrogen and oxygen atoms in total. The standard InChI is InChI=1S/C21H36N2O2.ClH/c1-4-7-8-9-10-11-12-13-14-15-19(23-17-16-22-18-23)20(5-2)25-21(24)6-3;/h6,16-20H,3-5,7-15H2,1-2H3;1H. The number of nitrogens with zero attached hydrogens (tertiary/aromatic N) is 2. The molecule has 0 aromatic carbocycles. The molecule has 2 unspecified atom stereocenters. The maximum atomic E-state index is 11.6. The molecule has 0 aliphatic carbocycles. The van der Waals surface area contributed by atoms with Gasteiger partial charge < -0.3 is 9.30 Å². The monoisotopic (exact) mass is 384 g/mol. The molecule has 1 heterocycles. The van der Waals surface area contributed by atoms with Crippen molar-refractivity contribution >= 4 is 18.4 Å². The summed E-state index contributed by atoms with van der Waals surface area (Å²) in [6.45, 7) is 7.81. The zero-order chi connectivity index (χ0) is 18.3. The number of esters is 1. The molecule has 1 rings (SSSR count). The summed E-state index contributed by atoms with van der Waals surface area (Å²) >= 11 is 0. The molecule has 150 valence electrons. The fraction of sp³-hybridized carbons (Fsp3) is 0.714. The highest BCUT2D eigenvalue weighted by molar-refractivity contribution is 5.85. The second-order valence-electron chi connectivity index (χ2n) is 6.78. The van der Waals surface area contributed by atoms with Crippen molar-refractivity contribution in [2.75, 3.05) is 0 Å². The Morgan fingerprint density at radius 3 is 2.23 bits per heavy atom. The number of aromatic nitrogens is 2. The Labute approximate surface area is 165 Å². The predicted molar refractivity (Wildman–Crippen MR) is 111 cm³/mol. The quantitative estimate of drug-likeness (QED) is 0.203. The van der Waals surface area contributed by atoms with E-state index in [1.165, 1.54) is 57.4 Å². The van der Waals surface area contributed by atoms with E-state index in [1.54, 1.807) is 6.20 Å². The Morgan fingerprint density at radius 2 is 1.73 bits per heavy atom. The van der Waals surface area contributed by atoms with Crippen molar-refractivity contribution in [3.05, 3.63) is 31.4 Å². The van der Waals surface area contributed by atoms with E-state index in [-0.39, 0.29) is 30.5 Å². The average molecular weight is 385 g/mol. The number of hydrogen-bond acceptors (Lipinski definition) is 3. The van der Waals surface area contributed by atoms with Gasteiger partial charge >= 0.3 is 5.97 Å². The molecule has 0 saturated heterocycles. The first kappa shape index (κ1) is 24.7. The lowest BCUT2D eigenvalue weighted by Gasteiger charge is -2.27. The first-order chi connectivity index (χ1) is 12.2. The van der Waals surface area contributed by atoms with Crippen molar-refractivity contribution in [1.82, 2.24) is 9.55 Å². The highest BCUT2D eigenvalue weighted by Gasteiger charge is 2.24. The number of ether oxygens (including phenoxy) is 1. The van der Waals surface area contributed by atoms with Crippen LogP contribution >= 0.6 is 12.4 Å². The fourth-order valence-corrected chi connectivity index (χ4v) is 3.29.